The number of hydrogen-bond acceptors (Lipinski definition) is 3. The Hall–Kier alpha value is -2.04. The molecule has 90 valence electrons. The van der Waals surface area contributed by atoms with E-state index in [4.69, 9.17) is 5.11 Å². The summed E-state index contributed by atoms with van der Waals surface area (Å²) in [6, 6.07) is 4.64. The van der Waals surface area contributed by atoms with Gasteiger partial charge in [-0.1, -0.05) is 6.92 Å². The molecule has 1 aliphatic heterocycles. The van der Waals surface area contributed by atoms with E-state index in [2.05, 4.69) is 10.6 Å². The maximum Gasteiger partial charge on any atom is 0.335 e. The Morgan fingerprint density at radius 1 is 1.41 bits per heavy atom. The molecule has 1 unspecified atom stereocenters. The van der Waals surface area contributed by atoms with Gasteiger partial charge in [0, 0.05) is 0 Å². The lowest BCUT2D eigenvalue weighted by Crippen LogP contribution is -2.49. The average Bonchev–Trinajstić information content (AvgIpc) is 2.30. The van der Waals surface area contributed by atoms with Crippen LogP contribution < -0.4 is 10.6 Å². The summed E-state index contributed by atoms with van der Waals surface area (Å²) in [7, 11) is 0. The number of nitrogens with one attached hydrogen (secondary N) is 2. The van der Waals surface area contributed by atoms with Crippen molar-refractivity contribution in [2.75, 3.05) is 10.6 Å². The highest BCUT2D eigenvalue weighted by Crippen LogP contribution is 2.32. The molecule has 5 nitrogen and oxygen atoms in total. The first-order valence-electron chi connectivity index (χ1n) is 5.43. The minimum atomic E-state index is -1.01. The first kappa shape index (κ1) is 11.4. The Morgan fingerprint density at radius 2 is 2.12 bits per heavy atom. The number of carbonyl (C=O) groups excluding carboxylic acids is 1. The van der Waals surface area contributed by atoms with Crippen molar-refractivity contribution in [3.63, 3.8) is 0 Å². The van der Waals surface area contributed by atoms with Crippen molar-refractivity contribution < 1.29 is 14.7 Å². The molecule has 0 aromatic heterocycles. The molecule has 0 fully saturated rings. The lowest BCUT2D eigenvalue weighted by molar-refractivity contribution is -0.120. The first-order chi connectivity index (χ1) is 7.96. The maximum absolute atomic E-state index is 11.9. The van der Waals surface area contributed by atoms with Gasteiger partial charge in [-0.3, -0.25) is 4.79 Å². The normalized spacial score (nSPS) is 22.4. The molecule has 0 bridgehead atoms. The van der Waals surface area contributed by atoms with Gasteiger partial charge >= 0.3 is 5.97 Å². The van der Waals surface area contributed by atoms with E-state index in [1.807, 2.05) is 13.8 Å². The van der Waals surface area contributed by atoms with E-state index in [-0.39, 0.29) is 11.5 Å². The molecular formula is C12H14N2O3. The molecule has 1 aromatic rings. The first-order valence-corrected chi connectivity index (χ1v) is 5.43. The van der Waals surface area contributed by atoms with Gasteiger partial charge in [-0.25, -0.2) is 4.79 Å². The molecule has 1 heterocycles. The van der Waals surface area contributed by atoms with E-state index in [1.165, 1.54) is 12.1 Å². The summed E-state index contributed by atoms with van der Waals surface area (Å²) < 4.78 is 0. The van der Waals surface area contributed by atoms with E-state index in [1.54, 1.807) is 6.07 Å². The van der Waals surface area contributed by atoms with E-state index < -0.39 is 11.5 Å². The van der Waals surface area contributed by atoms with Gasteiger partial charge in [-0.2, -0.15) is 0 Å². The van der Waals surface area contributed by atoms with Crippen LogP contribution in [0.1, 0.15) is 30.6 Å². The van der Waals surface area contributed by atoms with Crippen molar-refractivity contribution in [3.05, 3.63) is 23.8 Å². The summed E-state index contributed by atoms with van der Waals surface area (Å²) in [5, 5.41) is 14.7. The van der Waals surface area contributed by atoms with E-state index in [9.17, 15) is 9.59 Å². The highest BCUT2D eigenvalue weighted by molar-refractivity contribution is 6.06. The Bertz CT molecular complexity index is 499. The van der Waals surface area contributed by atoms with Crippen molar-refractivity contribution in [2.45, 2.75) is 25.8 Å². The Kier molecular flexibility index (Phi) is 2.53. The van der Waals surface area contributed by atoms with Crippen LogP contribution in [0.2, 0.25) is 0 Å². The second-order valence-electron chi connectivity index (χ2n) is 4.33. The summed E-state index contributed by atoms with van der Waals surface area (Å²) in [5.41, 5.74) is 0.781. The topological polar surface area (TPSA) is 78.4 Å². The molecule has 17 heavy (non-hydrogen) atoms. The molecular weight excluding hydrogens is 220 g/mol. The van der Waals surface area contributed by atoms with Crippen LogP contribution >= 0.6 is 0 Å². The molecule has 1 aromatic carbocycles. The molecule has 0 saturated heterocycles. The van der Waals surface area contributed by atoms with Gasteiger partial charge < -0.3 is 15.7 Å². The molecule has 0 saturated carbocycles. The van der Waals surface area contributed by atoms with Gasteiger partial charge in [0.25, 0.3) is 0 Å². The van der Waals surface area contributed by atoms with Crippen molar-refractivity contribution in [3.8, 4) is 0 Å². The highest BCUT2D eigenvalue weighted by atomic mass is 16.4. The standard InChI is InChI=1S/C12H14N2O3/c1-3-12(2)11(17)13-9-6-7(10(15)16)4-5-8(9)14-12/h4-6,14H,3H2,1-2H3,(H,13,17)(H,15,16). The maximum atomic E-state index is 11.9. The van der Waals surface area contributed by atoms with Crippen molar-refractivity contribution in [1.82, 2.24) is 0 Å². The van der Waals surface area contributed by atoms with E-state index in [0.717, 1.165) is 5.69 Å². The van der Waals surface area contributed by atoms with Crippen LogP contribution in [0.15, 0.2) is 18.2 Å². The fraction of sp³-hybridized carbons (Fsp3) is 0.333. The summed E-state index contributed by atoms with van der Waals surface area (Å²) in [6.07, 6.45) is 0.652. The zero-order valence-electron chi connectivity index (χ0n) is 9.70. The van der Waals surface area contributed by atoms with Crippen LogP contribution in [-0.2, 0) is 4.79 Å². The molecule has 0 radical (unpaired) electrons. The van der Waals surface area contributed by atoms with Crippen LogP contribution in [0.3, 0.4) is 0 Å². The van der Waals surface area contributed by atoms with E-state index in [0.29, 0.717) is 12.1 Å². The summed E-state index contributed by atoms with van der Waals surface area (Å²) >= 11 is 0. The second kappa shape index (κ2) is 3.76. The number of carbonyl (C=O) groups is 2. The molecule has 1 atom stereocenters. The number of hydrogen-bond donors (Lipinski definition) is 3. The number of aromatic carboxylic acids is 1. The predicted molar refractivity (Wildman–Crippen MR) is 64.3 cm³/mol. The van der Waals surface area contributed by atoms with Gasteiger partial charge in [0.15, 0.2) is 0 Å². The molecule has 0 aliphatic carbocycles. The van der Waals surface area contributed by atoms with Crippen LogP contribution in [0.4, 0.5) is 11.4 Å². The lowest BCUT2D eigenvalue weighted by Gasteiger charge is -2.35. The number of fused-ring (bicyclic) bond motifs is 1. The van der Waals surface area contributed by atoms with Crippen LogP contribution in [0, 0.1) is 0 Å². The quantitative estimate of drug-likeness (QED) is 0.730. The molecule has 1 amide bonds. The minimum Gasteiger partial charge on any atom is -0.478 e. The van der Waals surface area contributed by atoms with Crippen LogP contribution in [-0.4, -0.2) is 22.5 Å². The summed E-state index contributed by atoms with van der Waals surface area (Å²) in [6.45, 7) is 3.74. The van der Waals surface area contributed by atoms with Gasteiger partial charge in [-0.05, 0) is 31.5 Å². The SMILES string of the molecule is CCC1(C)Nc2ccc(C(=O)O)cc2NC1=O. The number of amides is 1. The zero-order valence-corrected chi connectivity index (χ0v) is 9.70. The lowest BCUT2D eigenvalue weighted by atomic mass is 9.94. The summed E-state index contributed by atoms with van der Waals surface area (Å²) in [4.78, 5) is 22.7. The molecule has 5 heteroatoms. The number of benzene rings is 1. The Morgan fingerprint density at radius 3 is 2.71 bits per heavy atom. The number of carboxylic acids is 1. The zero-order chi connectivity index (χ0) is 12.6. The number of rotatable bonds is 2. The van der Waals surface area contributed by atoms with Gasteiger partial charge in [-0.15, -0.1) is 0 Å². The highest BCUT2D eigenvalue weighted by Gasteiger charge is 2.35. The fourth-order valence-corrected chi connectivity index (χ4v) is 1.75. The van der Waals surface area contributed by atoms with Gasteiger partial charge in [0.2, 0.25) is 5.91 Å². The Labute approximate surface area is 98.8 Å². The third-order valence-electron chi connectivity index (χ3n) is 3.13. The van der Waals surface area contributed by atoms with Crippen LogP contribution in [0.5, 0.6) is 0 Å². The van der Waals surface area contributed by atoms with Crippen LogP contribution in [0.25, 0.3) is 0 Å². The molecule has 0 spiro atoms. The molecule has 3 N–H and O–H groups in total. The second-order valence-corrected chi connectivity index (χ2v) is 4.33. The molecule has 1 aliphatic rings. The third kappa shape index (κ3) is 1.84. The van der Waals surface area contributed by atoms with Gasteiger partial charge in [0.1, 0.15) is 5.54 Å². The average molecular weight is 234 g/mol. The van der Waals surface area contributed by atoms with E-state index >= 15 is 0 Å². The predicted octanol–water partition coefficient (Wildman–Crippen LogP) is 1.92. The minimum absolute atomic E-state index is 0.143. The Balaban J connectivity index is 2.42. The molecule has 2 rings (SSSR count). The monoisotopic (exact) mass is 234 g/mol. The van der Waals surface area contributed by atoms with Crippen molar-refractivity contribution >= 4 is 23.3 Å². The third-order valence-corrected chi connectivity index (χ3v) is 3.13. The number of carboxylic acid groups (broad SMARTS) is 1. The van der Waals surface area contributed by atoms with Crippen molar-refractivity contribution in [1.29, 1.82) is 0 Å². The summed E-state index contributed by atoms with van der Waals surface area (Å²) in [5.74, 6) is -1.15. The van der Waals surface area contributed by atoms with Gasteiger partial charge in [0.05, 0.1) is 16.9 Å². The smallest absolute Gasteiger partial charge is 0.335 e. The van der Waals surface area contributed by atoms with Crippen molar-refractivity contribution in [2.24, 2.45) is 0 Å². The fourth-order valence-electron chi connectivity index (χ4n) is 1.75. The number of anilines is 2. The largest absolute Gasteiger partial charge is 0.478 e.